The number of aromatic nitrogens is 5. The van der Waals surface area contributed by atoms with E-state index in [9.17, 15) is 0 Å². The van der Waals surface area contributed by atoms with Crippen LogP contribution in [-0.2, 0) is 5.54 Å². The predicted molar refractivity (Wildman–Crippen MR) is 59.7 cm³/mol. The third-order valence-electron chi connectivity index (χ3n) is 2.68. The van der Waals surface area contributed by atoms with Crippen LogP contribution >= 0.6 is 15.9 Å². The van der Waals surface area contributed by atoms with Crippen molar-refractivity contribution >= 4 is 15.9 Å². The Morgan fingerprint density at radius 2 is 1.94 bits per heavy atom. The first-order chi connectivity index (χ1) is 7.69. The lowest BCUT2D eigenvalue weighted by molar-refractivity contribution is 0.679. The molecular formula is C9H9BrN6. The van der Waals surface area contributed by atoms with Gasteiger partial charge in [-0.2, -0.15) is 10.2 Å². The second-order valence-electron chi connectivity index (χ2n) is 3.88. The summed E-state index contributed by atoms with van der Waals surface area (Å²) < 4.78 is 0.698. The van der Waals surface area contributed by atoms with Gasteiger partial charge in [0, 0.05) is 11.1 Å². The molecule has 0 aliphatic heterocycles. The van der Waals surface area contributed by atoms with Crippen molar-refractivity contribution in [3.8, 4) is 5.82 Å². The van der Waals surface area contributed by atoms with Gasteiger partial charge in [-0.05, 0) is 34.8 Å². The zero-order valence-corrected chi connectivity index (χ0v) is 9.92. The van der Waals surface area contributed by atoms with Gasteiger partial charge in [-0.1, -0.05) is 0 Å². The molecule has 3 rings (SSSR count). The molecule has 0 amide bonds. The summed E-state index contributed by atoms with van der Waals surface area (Å²) in [6.07, 6.45) is 5.14. The molecule has 2 aromatic rings. The van der Waals surface area contributed by atoms with Crippen LogP contribution in [0.5, 0.6) is 0 Å². The van der Waals surface area contributed by atoms with Crippen LogP contribution < -0.4 is 5.73 Å². The normalized spacial score (nSPS) is 17.4. The van der Waals surface area contributed by atoms with Gasteiger partial charge >= 0.3 is 0 Å². The number of nitrogens with zero attached hydrogens (tertiary/aromatic N) is 5. The Labute approximate surface area is 100.0 Å². The quantitative estimate of drug-likeness (QED) is 0.879. The van der Waals surface area contributed by atoms with Crippen molar-refractivity contribution in [2.75, 3.05) is 0 Å². The summed E-state index contributed by atoms with van der Waals surface area (Å²) in [7, 11) is 0. The van der Waals surface area contributed by atoms with Crippen LogP contribution in [0.15, 0.2) is 23.1 Å². The smallest absolute Gasteiger partial charge is 0.196 e. The van der Waals surface area contributed by atoms with Crippen molar-refractivity contribution in [1.29, 1.82) is 0 Å². The fraction of sp³-hybridized carbons (Fsp3) is 0.333. The van der Waals surface area contributed by atoms with Crippen molar-refractivity contribution in [3.05, 3.63) is 28.6 Å². The van der Waals surface area contributed by atoms with E-state index in [4.69, 9.17) is 5.73 Å². The molecule has 0 saturated heterocycles. The second kappa shape index (κ2) is 3.33. The molecule has 2 heterocycles. The minimum absolute atomic E-state index is 0.253. The van der Waals surface area contributed by atoms with E-state index >= 15 is 0 Å². The molecule has 1 fully saturated rings. The fourth-order valence-electron chi connectivity index (χ4n) is 1.55. The average molecular weight is 281 g/mol. The van der Waals surface area contributed by atoms with Gasteiger partial charge in [0.05, 0.1) is 12.4 Å². The van der Waals surface area contributed by atoms with Gasteiger partial charge in [0.1, 0.15) is 4.60 Å². The van der Waals surface area contributed by atoms with Crippen molar-refractivity contribution in [1.82, 2.24) is 25.2 Å². The van der Waals surface area contributed by atoms with Gasteiger partial charge in [0.2, 0.25) is 0 Å². The van der Waals surface area contributed by atoms with Gasteiger partial charge in [0.25, 0.3) is 0 Å². The van der Waals surface area contributed by atoms with Gasteiger partial charge in [-0.25, -0.2) is 0 Å². The standard InChI is InChI=1S/C9H9BrN6/c10-8-6(9(11)1-2-9)5-7(14-15-8)16-12-3-4-13-16/h3-5H,1-2,11H2. The second-order valence-corrected chi connectivity index (χ2v) is 4.63. The first-order valence-electron chi connectivity index (χ1n) is 4.88. The van der Waals surface area contributed by atoms with Crippen molar-refractivity contribution in [2.24, 2.45) is 5.73 Å². The summed E-state index contributed by atoms with van der Waals surface area (Å²) in [6, 6.07) is 1.88. The SMILES string of the molecule is NC1(c2cc(-n3nccn3)nnc2Br)CC1. The lowest BCUT2D eigenvalue weighted by Crippen LogP contribution is -2.21. The lowest BCUT2D eigenvalue weighted by Gasteiger charge is -2.10. The Morgan fingerprint density at radius 1 is 1.25 bits per heavy atom. The Kier molecular flexibility index (Phi) is 2.05. The molecule has 2 N–H and O–H groups in total. The molecule has 6 nitrogen and oxygen atoms in total. The highest BCUT2D eigenvalue weighted by Gasteiger charge is 2.42. The zero-order chi connectivity index (χ0) is 11.2. The first-order valence-corrected chi connectivity index (χ1v) is 5.68. The number of hydrogen-bond donors (Lipinski definition) is 1. The van der Waals surface area contributed by atoms with Crippen molar-refractivity contribution in [3.63, 3.8) is 0 Å². The van der Waals surface area contributed by atoms with Crippen LogP contribution in [0.1, 0.15) is 18.4 Å². The molecule has 7 heteroatoms. The molecule has 1 aliphatic carbocycles. The minimum atomic E-state index is -0.253. The third kappa shape index (κ3) is 1.52. The van der Waals surface area contributed by atoms with E-state index < -0.39 is 0 Å². The molecule has 1 saturated carbocycles. The molecule has 0 atom stereocenters. The summed E-state index contributed by atoms with van der Waals surface area (Å²) in [5, 5.41) is 16.0. The summed E-state index contributed by atoms with van der Waals surface area (Å²) >= 11 is 3.37. The highest BCUT2D eigenvalue weighted by molar-refractivity contribution is 9.10. The molecule has 0 spiro atoms. The molecule has 0 unspecified atom stereocenters. The maximum Gasteiger partial charge on any atom is 0.196 e. The molecular weight excluding hydrogens is 272 g/mol. The lowest BCUT2D eigenvalue weighted by atomic mass is 10.1. The van der Waals surface area contributed by atoms with Crippen LogP contribution in [0.3, 0.4) is 0 Å². The number of halogens is 1. The van der Waals surface area contributed by atoms with E-state index in [1.807, 2.05) is 6.07 Å². The summed E-state index contributed by atoms with van der Waals surface area (Å²) in [5.74, 6) is 0.583. The van der Waals surface area contributed by atoms with Gasteiger partial charge in [-0.15, -0.1) is 15.0 Å². The van der Waals surface area contributed by atoms with Gasteiger partial charge < -0.3 is 5.73 Å². The molecule has 1 aliphatic rings. The monoisotopic (exact) mass is 280 g/mol. The molecule has 0 aromatic carbocycles. The van der Waals surface area contributed by atoms with Gasteiger partial charge in [0.15, 0.2) is 5.82 Å². The van der Waals surface area contributed by atoms with Gasteiger partial charge in [-0.3, -0.25) is 0 Å². The Bertz CT molecular complexity index is 519. The molecule has 2 aromatic heterocycles. The maximum absolute atomic E-state index is 6.14. The highest BCUT2D eigenvalue weighted by Crippen LogP contribution is 2.45. The predicted octanol–water partition coefficient (Wildman–Crippen LogP) is 0.768. The summed E-state index contributed by atoms with van der Waals surface area (Å²) in [6.45, 7) is 0. The molecule has 82 valence electrons. The van der Waals surface area contributed by atoms with Crippen LogP contribution in [0, 0.1) is 0 Å². The number of nitrogens with two attached hydrogens (primary N) is 1. The largest absolute Gasteiger partial charge is 0.321 e. The van der Waals surface area contributed by atoms with E-state index in [1.165, 1.54) is 4.80 Å². The average Bonchev–Trinajstić information content (AvgIpc) is 2.83. The fourth-order valence-corrected chi connectivity index (χ4v) is 2.14. The van der Waals surface area contributed by atoms with E-state index in [1.54, 1.807) is 12.4 Å². The molecule has 0 radical (unpaired) electrons. The highest BCUT2D eigenvalue weighted by atomic mass is 79.9. The van der Waals surface area contributed by atoms with Crippen molar-refractivity contribution in [2.45, 2.75) is 18.4 Å². The van der Waals surface area contributed by atoms with Crippen LogP contribution in [-0.4, -0.2) is 25.2 Å². The van der Waals surface area contributed by atoms with Crippen molar-refractivity contribution < 1.29 is 0 Å². The number of rotatable bonds is 2. The topological polar surface area (TPSA) is 82.5 Å². The Balaban J connectivity index is 2.09. The van der Waals surface area contributed by atoms with Crippen LogP contribution in [0.25, 0.3) is 5.82 Å². The van der Waals surface area contributed by atoms with E-state index in [0.717, 1.165) is 18.4 Å². The maximum atomic E-state index is 6.14. The van der Waals surface area contributed by atoms with Crippen LogP contribution in [0.4, 0.5) is 0 Å². The molecule has 16 heavy (non-hydrogen) atoms. The number of hydrogen-bond acceptors (Lipinski definition) is 5. The van der Waals surface area contributed by atoms with E-state index in [2.05, 4.69) is 36.3 Å². The third-order valence-corrected chi connectivity index (χ3v) is 3.27. The molecule has 0 bridgehead atoms. The van der Waals surface area contributed by atoms with E-state index in [-0.39, 0.29) is 5.54 Å². The van der Waals surface area contributed by atoms with Crippen LogP contribution in [0.2, 0.25) is 0 Å². The Hall–Kier alpha value is -1.34. The minimum Gasteiger partial charge on any atom is -0.321 e. The zero-order valence-electron chi connectivity index (χ0n) is 8.34. The van der Waals surface area contributed by atoms with E-state index in [0.29, 0.717) is 10.4 Å². The first kappa shape index (κ1) is 9.86. The summed E-state index contributed by atoms with van der Waals surface area (Å²) in [4.78, 5) is 1.43. The Morgan fingerprint density at radius 3 is 2.56 bits per heavy atom. The summed E-state index contributed by atoms with van der Waals surface area (Å²) in [5.41, 5.74) is 6.86.